The molecule has 3 fully saturated rings. The van der Waals surface area contributed by atoms with Crippen molar-refractivity contribution in [1.82, 2.24) is 0 Å². The summed E-state index contributed by atoms with van der Waals surface area (Å²) in [5.74, 6) is -0.426. The zero-order valence-corrected chi connectivity index (χ0v) is 21.0. The summed E-state index contributed by atoms with van der Waals surface area (Å²) < 4.78 is 0. The van der Waals surface area contributed by atoms with Crippen LogP contribution in [0.3, 0.4) is 0 Å². The van der Waals surface area contributed by atoms with E-state index < -0.39 is 34.4 Å². The second kappa shape index (κ2) is 7.86. The van der Waals surface area contributed by atoms with Crippen LogP contribution >= 0.6 is 0 Å². The third-order valence-electron chi connectivity index (χ3n) is 10.5. The zero-order chi connectivity index (χ0) is 24.6. The first-order valence-corrected chi connectivity index (χ1v) is 12.9. The van der Waals surface area contributed by atoms with Gasteiger partial charge in [-0.25, -0.2) is 0 Å². The van der Waals surface area contributed by atoms with Crippen LogP contribution in [0.2, 0.25) is 0 Å². The third kappa shape index (κ3) is 3.76. The molecular weight excluding hydrogens is 420 g/mol. The maximum atomic E-state index is 13.2. The summed E-state index contributed by atoms with van der Waals surface area (Å²) in [4.78, 5) is 13.2. The Balaban J connectivity index is 1.65. The third-order valence-corrected chi connectivity index (χ3v) is 10.5. The van der Waals surface area contributed by atoms with Crippen LogP contribution in [0.1, 0.15) is 92.4 Å². The molecule has 0 aromatic rings. The van der Waals surface area contributed by atoms with Crippen molar-refractivity contribution in [3.63, 3.8) is 0 Å². The summed E-state index contributed by atoms with van der Waals surface area (Å²) >= 11 is 0. The molecular formula is C27H44O6. The number of fused-ring (bicyclic) bond motifs is 5. The average molecular weight is 465 g/mol. The van der Waals surface area contributed by atoms with E-state index in [2.05, 4.69) is 6.92 Å². The maximum Gasteiger partial charge on any atom is 0.159 e. The molecule has 9 atom stereocenters. The Kier molecular flexibility index (Phi) is 6.03. The fourth-order valence-corrected chi connectivity index (χ4v) is 8.27. The van der Waals surface area contributed by atoms with Gasteiger partial charge >= 0.3 is 0 Å². The number of carbonyl (C=O) groups is 1. The van der Waals surface area contributed by atoms with Gasteiger partial charge in [0.05, 0.1) is 29.0 Å². The van der Waals surface area contributed by atoms with Gasteiger partial charge in [0.1, 0.15) is 0 Å². The first-order chi connectivity index (χ1) is 15.1. The highest BCUT2D eigenvalue weighted by Gasteiger charge is 2.68. The van der Waals surface area contributed by atoms with E-state index in [-0.39, 0.29) is 35.4 Å². The molecule has 0 aliphatic heterocycles. The molecule has 0 aromatic carbocycles. The summed E-state index contributed by atoms with van der Waals surface area (Å²) in [6.45, 7) is 9.22. The first-order valence-electron chi connectivity index (χ1n) is 12.9. The van der Waals surface area contributed by atoms with E-state index >= 15 is 0 Å². The average Bonchev–Trinajstić information content (AvgIpc) is 2.99. The van der Waals surface area contributed by atoms with Gasteiger partial charge in [-0.15, -0.1) is 0 Å². The van der Waals surface area contributed by atoms with Gasteiger partial charge in [0.25, 0.3) is 0 Å². The molecule has 3 unspecified atom stereocenters. The van der Waals surface area contributed by atoms with Gasteiger partial charge in [-0.05, 0) is 107 Å². The van der Waals surface area contributed by atoms with E-state index in [1.165, 1.54) is 0 Å². The van der Waals surface area contributed by atoms with Gasteiger partial charge in [0.2, 0.25) is 0 Å². The van der Waals surface area contributed by atoms with Gasteiger partial charge in [0, 0.05) is 11.3 Å². The minimum Gasteiger partial charge on any atom is -0.393 e. The van der Waals surface area contributed by atoms with Crippen LogP contribution in [0.25, 0.3) is 0 Å². The molecule has 188 valence electrons. The van der Waals surface area contributed by atoms with E-state index in [1.807, 2.05) is 6.92 Å². The second-order valence-electron chi connectivity index (χ2n) is 13.0. The van der Waals surface area contributed by atoms with Gasteiger partial charge in [-0.1, -0.05) is 13.8 Å². The van der Waals surface area contributed by atoms with Crippen LogP contribution in [0, 0.1) is 28.6 Å². The number of carbonyl (C=O) groups excluding carboxylic acids is 1. The van der Waals surface area contributed by atoms with E-state index in [0.29, 0.717) is 38.5 Å². The lowest BCUT2D eigenvalue weighted by atomic mass is 9.46. The predicted octanol–water partition coefficient (Wildman–Crippen LogP) is 2.88. The monoisotopic (exact) mass is 464 g/mol. The van der Waals surface area contributed by atoms with Crippen molar-refractivity contribution in [3.05, 3.63) is 11.6 Å². The minimum atomic E-state index is -1.42. The largest absolute Gasteiger partial charge is 0.393 e. The number of aliphatic hydroxyl groups excluding tert-OH is 2. The summed E-state index contributed by atoms with van der Waals surface area (Å²) in [6, 6.07) is 0. The number of rotatable bonds is 5. The Hall–Kier alpha value is -0.790. The number of aliphatic hydroxyl groups is 5. The van der Waals surface area contributed by atoms with Crippen molar-refractivity contribution in [2.75, 3.05) is 0 Å². The van der Waals surface area contributed by atoms with Gasteiger partial charge in [0.15, 0.2) is 5.78 Å². The Morgan fingerprint density at radius 2 is 1.73 bits per heavy atom. The van der Waals surface area contributed by atoms with Crippen LogP contribution in [-0.4, -0.2) is 60.3 Å². The fourth-order valence-electron chi connectivity index (χ4n) is 8.27. The first kappa shape index (κ1) is 25.3. The molecule has 0 aromatic heterocycles. The smallest absolute Gasteiger partial charge is 0.159 e. The van der Waals surface area contributed by atoms with Crippen LogP contribution in [0.4, 0.5) is 0 Å². The molecule has 3 saturated carbocycles. The molecule has 6 nitrogen and oxygen atoms in total. The van der Waals surface area contributed by atoms with Gasteiger partial charge in [-0.2, -0.15) is 0 Å². The summed E-state index contributed by atoms with van der Waals surface area (Å²) in [5.41, 5.74) is -3.64. The number of hydrogen-bond donors (Lipinski definition) is 5. The lowest BCUT2D eigenvalue weighted by molar-refractivity contribution is -0.172. The Morgan fingerprint density at radius 1 is 1.06 bits per heavy atom. The van der Waals surface area contributed by atoms with Crippen LogP contribution < -0.4 is 0 Å². The number of allylic oxidation sites excluding steroid dienone is 1. The number of ketones is 1. The predicted molar refractivity (Wildman–Crippen MR) is 125 cm³/mol. The molecule has 4 aliphatic rings. The number of hydrogen-bond acceptors (Lipinski definition) is 6. The van der Waals surface area contributed by atoms with Crippen molar-refractivity contribution in [1.29, 1.82) is 0 Å². The Morgan fingerprint density at radius 3 is 2.36 bits per heavy atom. The molecule has 0 radical (unpaired) electrons. The fraction of sp³-hybridized carbons (Fsp3) is 0.889. The maximum absolute atomic E-state index is 13.2. The summed E-state index contributed by atoms with van der Waals surface area (Å²) in [7, 11) is 0. The van der Waals surface area contributed by atoms with Crippen molar-refractivity contribution in [2.45, 2.75) is 121 Å². The molecule has 0 spiro atoms. The van der Waals surface area contributed by atoms with Gasteiger partial charge < -0.3 is 25.5 Å². The van der Waals surface area contributed by atoms with Crippen molar-refractivity contribution in [2.24, 2.45) is 28.6 Å². The molecule has 4 rings (SSSR count). The van der Waals surface area contributed by atoms with Crippen LogP contribution in [0.15, 0.2) is 11.6 Å². The van der Waals surface area contributed by atoms with E-state index in [9.17, 15) is 30.3 Å². The molecule has 0 saturated heterocycles. The lowest BCUT2D eigenvalue weighted by Gasteiger charge is -2.60. The highest BCUT2D eigenvalue weighted by atomic mass is 16.3. The zero-order valence-electron chi connectivity index (χ0n) is 21.0. The van der Waals surface area contributed by atoms with Crippen molar-refractivity contribution >= 4 is 5.78 Å². The SMILES string of the molecule is CC(C)(O)CCC(O)[C@](C)(O)[C@H]1CC[C@@]2(O)C3=CC(=O)C4CC(O)CC[C@]4(C)[C@H]3CC[C@]12C. The molecule has 6 heteroatoms. The molecule has 5 N–H and O–H groups in total. The van der Waals surface area contributed by atoms with Crippen LogP contribution in [-0.2, 0) is 4.79 Å². The minimum absolute atomic E-state index is 0.0144. The topological polar surface area (TPSA) is 118 Å². The second-order valence-corrected chi connectivity index (χ2v) is 13.0. The lowest BCUT2D eigenvalue weighted by Crippen LogP contribution is -2.62. The summed E-state index contributed by atoms with van der Waals surface area (Å²) in [6.07, 6.45) is 5.38. The molecule has 0 bridgehead atoms. The van der Waals surface area contributed by atoms with Crippen molar-refractivity contribution < 1.29 is 30.3 Å². The molecule has 0 heterocycles. The summed E-state index contributed by atoms with van der Waals surface area (Å²) in [5, 5.41) is 55.0. The van der Waals surface area contributed by atoms with Gasteiger partial charge in [-0.3, -0.25) is 4.79 Å². The quantitative estimate of drug-likeness (QED) is 0.427. The molecule has 4 aliphatic carbocycles. The van der Waals surface area contributed by atoms with Crippen molar-refractivity contribution in [3.8, 4) is 0 Å². The Labute approximate surface area is 198 Å². The highest BCUT2D eigenvalue weighted by molar-refractivity contribution is 5.95. The molecule has 0 amide bonds. The Bertz CT molecular complexity index is 827. The molecule has 33 heavy (non-hydrogen) atoms. The highest BCUT2D eigenvalue weighted by Crippen LogP contribution is 2.68. The normalized spacial score (nSPS) is 46.0. The standard InChI is InChI=1S/C27H44O6/c1-23(2,31)10-9-22(30)26(5,32)21-8-13-27(33)18-15-20(29)19-14-16(28)6-11-24(19,3)17(18)7-12-25(21,27)4/h15-17,19,21-22,28,30-33H,6-14H2,1-5H3/t16?,17-,19?,21-,22?,24+,25+,26+,27+/m0/s1. The van der Waals surface area contributed by atoms with E-state index in [4.69, 9.17) is 0 Å². The van der Waals surface area contributed by atoms with E-state index in [0.717, 1.165) is 18.4 Å². The van der Waals surface area contributed by atoms with E-state index in [1.54, 1.807) is 26.8 Å². The van der Waals surface area contributed by atoms with Crippen LogP contribution in [0.5, 0.6) is 0 Å².